The average Bonchev–Trinajstić information content (AvgIpc) is 3.31. The van der Waals surface area contributed by atoms with Gasteiger partial charge in [-0.1, -0.05) is 42.0 Å². The van der Waals surface area contributed by atoms with Gasteiger partial charge in [-0.25, -0.2) is 0 Å². The summed E-state index contributed by atoms with van der Waals surface area (Å²) in [4.78, 5) is 2.51. The lowest BCUT2D eigenvalue weighted by Gasteiger charge is -2.25. The van der Waals surface area contributed by atoms with Crippen LogP contribution in [-0.4, -0.2) is 51.9 Å². The molecule has 168 valence electrons. The van der Waals surface area contributed by atoms with E-state index in [2.05, 4.69) is 65.7 Å². The standard InChI is InChI=1S/C26H36N2O3/c1-20(15-21-9-6-5-7-10-21)18-28(14-12-23-11-8-13-27-23)19-22-16-24(29-2)26(31-4)25(17-22)30-3/h5-7,9-10,15-17,23,27H,8,11-14,18-19H2,1-4H3/t23-/m1/s1. The molecule has 1 N–H and O–H groups in total. The smallest absolute Gasteiger partial charge is 0.203 e. The molecule has 1 atom stereocenters. The molecule has 0 bridgehead atoms. The van der Waals surface area contributed by atoms with E-state index >= 15 is 0 Å². The van der Waals surface area contributed by atoms with Gasteiger partial charge < -0.3 is 19.5 Å². The molecule has 0 aliphatic carbocycles. The molecule has 2 aromatic rings. The zero-order valence-corrected chi connectivity index (χ0v) is 19.3. The van der Waals surface area contributed by atoms with Crippen molar-refractivity contribution in [1.82, 2.24) is 10.2 Å². The number of nitrogens with zero attached hydrogens (tertiary/aromatic N) is 1. The fraction of sp³-hybridized carbons (Fsp3) is 0.462. The van der Waals surface area contributed by atoms with E-state index < -0.39 is 0 Å². The van der Waals surface area contributed by atoms with Gasteiger partial charge in [0.15, 0.2) is 11.5 Å². The molecule has 0 radical (unpaired) electrons. The molecule has 1 heterocycles. The number of rotatable bonds is 11. The molecule has 1 aliphatic rings. The maximum absolute atomic E-state index is 5.56. The highest BCUT2D eigenvalue weighted by molar-refractivity contribution is 5.54. The Balaban J connectivity index is 1.77. The van der Waals surface area contributed by atoms with Gasteiger partial charge in [-0.05, 0) is 56.0 Å². The lowest BCUT2D eigenvalue weighted by atomic mass is 10.1. The van der Waals surface area contributed by atoms with Gasteiger partial charge in [0.05, 0.1) is 21.3 Å². The van der Waals surface area contributed by atoms with E-state index in [1.807, 2.05) is 0 Å². The second kappa shape index (κ2) is 11.8. The average molecular weight is 425 g/mol. The van der Waals surface area contributed by atoms with E-state index in [1.165, 1.54) is 24.0 Å². The van der Waals surface area contributed by atoms with Crippen LogP contribution in [0.2, 0.25) is 0 Å². The second-order valence-corrected chi connectivity index (χ2v) is 8.23. The van der Waals surface area contributed by atoms with Gasteiger partial charge in [0.2, 0.25) is 5.75 Å². The molecular weight excluding hydrogens is 388 g/mol. The third kappa shape index (κ3) is 6.74. The summed E-state index contributed by atoms with van der Waals surface area (Å²) >= 11 is 0. The minimum absolute atomic E-state index is 0.626. The molecule has 2 aromatic carbocycles. The lowest BCUT2D eigenvalue weighted by molar-refractivity contribution is 0.270. The molecule has 0 aromatic heterocycles. The Labute approximate surface area is 187 Å². The molecule has 3 rings (SSSR count). The van der Waals surface area contributed by atoms with Crippen LogP contribution in [0.4, 0.5) is 0 Å². The Hall–Kier alpha value is -2.50. The fourth-order valence-corrected chi connectivity index (χ4v) is 4.27. The number of nitrogens with one attached hydrogen (secondary N) is 1. The van der Waals surface area contributed by atoms with Crippen LogP contribution >= 0.6 is 0 Å². The number of ether oxygens (including phenoxy) is 3. The Morgan fingerprint density at radius 1 is 1.06 bits per heavy atom. The van der Waals surface area contributed by atoms with Gasteiger partial charge in [-0.2, -0.15) is 0 Å². The first-order chi connectivity index (χ1) is 15.1. The normalized spacial score (nSPS) is 16.5. The van der Waals surface area contributed by atoms with Crippen LogP contribution in [0.5, 0.6) is 17.2 Å². The Kier molecular flexibility index (Phi) is 8.80. The molecule has 5 heteroatoms. The summed E-state index contributed by atoms with van der Waals surface area (Å²) in [5.74, 6) is 2.03. The highest BCUT2D eigenvalue weighted by Crippen LogP contribution is 2.38. The molecule has 0 spiro atoms. The van der Waals surface area contributed by atoms with Crippen molar-refractivity contribution in [3.8, 4) is 17.2 Å². The van der Waals surface area contributed by atoms with Crippen molar-refractivity contribution in [3.63, 3.8) is 0 Å². The summed E-state index contributed by atoms with van der Waals surface area (Å²) in [7, 11) is 4.97. The van der Waals surface area contributed by atoms with Crippen LogP contribution in [0.15, 0.2) is 48.0 Å². The Bertz CT molecular complexity index is 820. The quantitative estimate of drug-likeness (QED) is 0.563. The molecule has 0 unspecified atom stereocenters. The first kappa shape index (κ1) is 23.2. The molecular formula is C26H36N2O3. The van der Waals surface area contributed by atoms with Crippen LogP contribution < -0.4 is 19.5 Å². The Morgan fingerprint density at radius 2 is 1.77 bits per heavy atom. The van der Waals surface area contributed by atoms with Crippen molar-refractivity contribution in [2.45, 2.75) is 38.8 Å². The van der Waals surface area contributed by atoms with E-state index in [4.69, 9.17) is 14.2 Å². The van der Waals surface area contributed by atoms with Gasteiger partial charge in [-0.15, -0.1) is 0 Å². The van der Waals surface area contributed by atoms with E-state index in [9.17, 15) is 0 Å². The van der Waals surface area contributed by atoms with E-state index in [0.717, 1.165) is 38.2 Å². The van der Waals surface area contributed by atoms with Crippen molar-refractivity contribution in [1.29, 1.82) is 0 Å². The molecule has 1 aliphatic heterocycles. The molecule has 31 heavy (non-hydrogen) atoms. The van der Waals surface area contributed by atoms with Gasteiger partial charge in [0.1, 0.15) is 0 Å². The van der Waals surface area contributed by atoms with Crippen LogP contribution in [0.1, 0.15) is 37.3 Å². The number of hydrogen-bond acceptors (Lipinski definition) is 5. The summed E-state index contributed by atoms with van der Waals surface area (Å²) in [5, 5.41) is 3.62. The number of hydrogen-bond donors (Lipinski definition) is 1. The van der Waals surface area contributed by atoms with Gasteiger partial charge in [0.25, 0.3) is 0 Å². The van der Waals surface area contributed by atoms with Gasteiger partial charge in [-0.3, -0.25) is 4.90 Å². The number of methoxy groups -OCH3 is 3. The van der Waals surface area contributed by atoms with E-state index in [0.29, 0.717) is 23.3 Å². The molecule has 1 fully saturated rings. The van der Waals surface area contributed by atoms with Crippen molar-refractivity contribution in [3.05, 3.63) is 59.2 Å². The number of benzene rings is 2. The SMILES string of the molecule is COc1cc(CN(CC[C@H]2CCCN2)CC(C)=Cc2ccccc2)cc(OC)c1OC. The van der Waals surface area contributed by atoms with Crippen LogP contribution in [-0.2, 0) is 6.54 Å². The molecule has 0 saturated carbocycles. The highest BCUT2D eigenvalue weighted by Gasteiger charge is 2.18. The summed E-state index contributed by atoms with van der Waals surface area (Å²) in [6.45, 7) is 6.13. The summed E-state index contributed by atoms with van der Waals surface area (Å²) in [6.07, 6.45) is 5.99. The molecule has 1 saturated heterocycles. The van der Waals surface area contributed by atoms with Crippen LogP contribution in [0, 0.1) is 0 Å². The van der Waals surface area contributed by atoms with Gasteiger partial charge >= 0.3 is 0 Å². The fourth-order valence-electron chi connectivity index (χ4n) is 4.27. The zero-order valence-electron chi connectivity index (χ0n) is 19.3. The minimum Gasteiger partial charge on any atom is -0.493 e. The Morgan fingerprint density at radius 3 is 2.35 bits per heavy atom. The van der Waals surface area contributed by atoms with E-state index in [-0.39, 0.29) is 0 Å². The second-order valence-electron chi connectivity index (χ2n) is 8.23. The van der Waals surface area contributed by atoms with Crippen LogP contribution in [0.3, 0.4) is 0 Å². The third-order valence-corrected chi connectivity index (χ3v) is 5.77. The van der Waals surface area contributed by atoms with Crippen molar-refractivity contribution < 1.29 is 14.2 Å². The topological polar surface area (TPSA) is 43.0 Å². The van der Waals surface area contributed by atoms with E-state index in [1.54, 1.807) is 21.3 Å². The first-order valence-corrected chi connectivity index (χ1v) is 11.1. The largest absolute Gasteiger partial charge is 0.493 e. The van der Waals surface area contributed by atoms with Gasteiger partial charge in [0, 0.05) is 25.7 Å². The molecule has 0 amide bonds. The maximum Gasteiger partial charge on any atom is 0.203 e. The summed E-state index contributed by atoms with van der Waals surface area (Å²) in [5.41, 5.74) is 3.74. The predicted molar refractivity (Wildman–Crippen MR) is 127 cm³/mol. The van der Waals surface area contributed by atoms with Crippen molar-refractivity contribution in [2.75, 3.05) is 41.0 Å². The van der Waals surface area contributed by atoms with Crippen LogP contribution in [0.25, 0.3) is 6.08 Å². The lowest BCUT2D eigenvalue weighted by Crippen LogP contribution is -2.31. The summed E-state index contributed by atoms with van der Waals surface area (Å²) in [6, 6.07) is 15.2. The van der Waals surface area contributed by atoms with Crippen molar-refractivity contribution in [2.24, 2.45) is 0 Å². The highest BCUT2D eigenvalue weighted by atomic mass is 16.5. The monoisotopic (exact) mass is 424 g/mol. The summed E-state index contributed by atoms with van der Waals surface area (Å²) < 4.78 is 16.6. The zero-order chi connectivity index (χ0) is 22.1. The maximum atomic E-state index is 5.56. The van der Waals surface area contributed by atoms with Crippen molar-refractivity contribution >= 4 is 6.08 Å². The third-order valence-electron chi connectivity index (χ3n) is 5.77. The first-order valence-electron chi connectivity index (χ1n) is 11.1. The minimum atomic E-state index is 0.626. The predicted octanol–water partition coefficient (Wildman–Crippen LogP) is 4.76. The molecule has 5 nitrogen and oxygen atoms in total.